The number of likely N-dealkylation sites (tertiary alicyclic amines) is 1. The molecule has 0 aliphatic carbocycles. The Labute approximate surface area is 175 Å². The fourth-order valence-electron chi connectivity index (χ4n) is 3.69. The number of fused-ring (bicyclic) bond motifs is 1. The average molecular weight is 428 g/mol. The Kier molecular flexibility index (Phi) is 5.26. The summed E-state index contributed by atoms with van der Waals surface area (Å²) in [5.74, 6) is -0.589. The van der Waals surface area contributed by atoms with Gasteiger partial charge in [-0.05, 0) is 42.8 Å². The molecule has 2 aromatic carbocycles. The topological polar surface area (TPSA) is 67.2 Å². The van der Waals surface area contributed by atoms with Crippen LogP contribution in [0, 0.1) is 0 Å². The second-order valence-corrected chi connectivity index (χ2v) is 7.27. The standard InChI is InChI=1S/C22H19F3N4O2/c1-2-19(30)26-15-11-12-28(13-15)21(31)20-17-5-3-4-6-18(17)29(27-20)16-9-7-14(8-10-16)22(23,24)25/h2-10,15H,1,11-13H2,(H,26,30). The predicted octanol–water partition coefficient (Wildman–Crippen LogP) is 3.56. The molecule has 3 aromatic rings. The first-order valence-electron chi connectivity index (χ1n) is 9.65. The molecule has 9 heteroatoms. The van der Waals surface area contributed by atoms with Crippen molar-refractivity contribution in [2.24, 2.45) is 0 Å². The van der Waals surface area contributed by atoms with Crippen molar-refractivity contribution in [1.29, 1.82) is 0 Å². The van der Waals surface area contributed by atoms with Crippen molar-refractivity contribution in [3.63, 3.8) is 0 Å². The maximum atomic E-state index is 13.2. The summed E-state index contributed by atoms with van der Waals surface area (Å²) in [7, 11) is 0. The molecule has 1 unspecified atom stereocenters. The largest absolute Gasteiger partial charge is 0.416 e. The van der Waals surface area contributed by atoms with Crippen LogP contribution >= 0.6 is 0 Å². The van der Waals surface area contributed by atoms with Crippen molar-refractivity contribution in [2.45, 2.75) is 18.6 Å². The number of para-hydroxylation sites is 1. The zero-order valence-corrected chi connectivity index (χ0v) is 16.4. The van der Waals surface area contributed by atoms with Gasteiger partial charge in [0.2, 0.25) is 5.91 Å². The Balaban J connectivity index is 1.65. The molecule has 1 N–H and O–H groups in total. The van der Waals surface area contributed by atoms with Gasteiger partial charge in [-0.2, -0.15) is 18.3 Å². The van der Waals surface area contributed by atoms with Crippen molar-refractivity contribution >= 4 is 22.7 Å². The van der Waals surface area contributed by atoms with Crippen LogP contribution in [0.5, 0.6) is 0 Å². The maximum Gasteiger partial charge on any atom is 0.416 e. The number of hydrogen-bond acceptors (Lipinski definition) is 3. The van der Waals surface area contributed by atoms with Gasteiger partial charge in [0.25, 0.3) is 5.91 Å². The molecule has 1 fully saturated rings. The highest BCUT2D eigenvalue weighted by molar-refractivity contribution is 6.05. The van der Waals surface area contributed by atoms with E-state index < -0.39 is 11.7 Å². The van der Waals surface area contributed by atoms with Crippen molar-refractivity contribution in [2.75, 3.05) is 13.1 Å². The highest BCUT2D eigenvalue weighted by Gasteiger charge is 2.31. The Morgan fingerprint density at radius 2 is 1.84 bits per heavy atom. The summed E-state index contributed by atoms with van der Waals surface area (Å²) in [6, 6.07) is 11.5. The molecule has 0 spiro atoms. The summed E-state index contributed by atoms with van der Waals surface area (Å²) in [6.07, 6.45) is -2.63. The maximum absolute atomic E-state index is 13.2. The number of carbonyl (C=O) groups is 2. The van der Waals surface area contributed by atoms with E-state index in [1.807, 2.05) is 0 Å². The predicted molar refractivity (Wildman–Crippen MR) is 109 cm³/mol. The molecule has 1 aliphatic rings. The first-order valence-corrected chi connectivity index (χ1v) is 9.65. The molecule has 2 amide bonds. The fraction of sp³-hybridized carbons (Fsp3) is 0.227. The third-order valence-electron chi connectivity index (χ3n) is 5.24. The number of carbonyl (C=O) groups excluding carboxylic acids is 2. The van der Waals surface area contributed by atoms with Crippen molar-refractivity contribution in [1.82, 2.24) is 20.0 Å². The quantitative estimate of drug-likeness (QED) is 0.647. The zero-order chi connectivity index (χ0) is 22.2. The van der Waals surface area contributed by atoms with Gasteiger partial charge in [-0.15, -0.1) is 0 Å². The number of hydrogen-bond donors (Lipinski definition) is 1. The van der Waals surface area contributed by atoms with E-state index in [-0.39, 0.29) is 23.6 Å². The minimum Gasteiger partial charge on any atom is -0.348 e. The zero-order valence-electron chi connectivity index (χ0n) is 16.4. The van der Waals surface area contributed by atoms with Crippen LogP contribution in [0.4, 0.5) is 13.2 Å². The molecule has 0 bridgehead atoms. The summed E-state index contributed by atoms with van der Waals surface area (Å²) in [4.78, 5) is 26.3. The Morgan fingerprint density at radius 1 is 1.13 bits per heavy atom. The summed E-state index contributed by atoms with van der Waals surface area (Å²) in [5.41, 5.74) is 0.488. The van der Waals surface area contributed by atoms with E-state index in [9.17, 15) is 22.8 Å². The molecular formula is C22H19F3N4O2. The summed E-state index contributed by atoms with van der Waals surface area (Å²) in [6.45, 7) is 4.23. The summed E-state index contributed by atoms with van der Waals surface area (Å²) >= 11 is 0. The van der Waals surface area contributed by atoms with E-state index in [0.717, 1.165) is 12.1 Å². The van der Waals surface area contributed by atoms with Gasteiger partial charge in [0.1, 0.15) is 0 Å². The lowest BCUT2D eigenvalue weighted by Crippen LogP contribution is -2.37. The lowest BCUT2D eigenvalue weighted by Gasteiger charge is -2.15. The average Bonchev–Trinajstić information content (AvgIpc) is 3.37. The van der Waals surface area contributed by atoms with Crippen molar-refractivity contribution in [3.05, 3.63) is 72.4 Å². The number of halogens is 3. The van der Waals surface area contributed by atoms with Crippen LogP contribution in [-0.4, -0.2) is 45.6 Å². The van der Waals surface area contributed by atoms with Crippen LogP contribution < -0.4 is 5.32 Å². The van der Waals surface area contributed by atoms with Crippen LogP contribution in [0.3, 0.4) is 0 Å². The van der Waals surface area contributed by atoms with Gasteiger partial charge in [-0.25, -0.2) is 4.68 Å². The van der Waals surface area contributed by atoms with E-state index >= 15 is 0 Å². The molecule has 1 atom stereocenters. The Hall–Kier alpha value is -3.62. The van der Waals surface area contributed by atoms with Gasteiger partial charge < -0.3 is 10.2 Å². The van der Waals surface area contributed by atoms with Crippen LogP contribution in [0.15, 0.2) is 61.2 Å². The highest BCUT2D eigenvalue weighted by atomic mass is 19.4. The van der Waals surface area contributed by atoms with Crippen molar-refractivity contribution < 1.29 is 22.8 Å². The fourth-order valence-corrected chi connectivity index (χ4v) is 3.69. The van der Waals surface area contributed by atoms with Crippen LogP contribution in [0.2, 0.25) is 0 Å². The normalized spacial score (nSPS) is 16.5. The number of aromatic nitrogens is 2. The van der Waals surface area contributed by atoms with E-state index in [1.165, 1.54) is 22.9 Å². The number of alkyl halides is 3. The first-order chi connectivity index (χ1) is 14.8. The van der Waals surface area contributed by atoms with Crippen LogP contribution in [0.25, 0.3) is 16.6 Å². The molecule has 1 saturated heterocycles. The summed E-state index contributed by atoms with van der Waals surface area (Å²) < 4.78 is 40.1. The van der Waals surface area contributed by atoms with Crippen LogP contribution in [0.1, 0.15) is 22.5 Å². The number of benzene rings is 2. The second kappa shape index (κ2) is 7.90. The number of nitrogens with zero attached hydrogens (tertiary/aromatic N) is 3. The molecule has 1 aliphatic heterocycles. The van der Waals surface area contributed by atoms with Gasteiger partial charge in [-0.1, -0.05) is 24.8 Å². The van der Waals surface area contributed by atoms with Crippen molar-refractivity contribution in [3.8, 4) is 5.69 Å². The SMILES string of the molecule is C=CC(=O)NC1CCN(C(=O)c2nn(-c3ccc(C(F)(F)F)cc3)c3ccccc23)C1. The minimum absolute atomic E-state index is 0.169. The molecule has 0 radical (unpaired) electrons. The second-order valence-electron chi connectivity index (χ2n) is 7.27. The molecule has 1 aromatic heterocycles. The molecule has 160 valence electrons. The molecule has 31 heavy (non-hydrogen) atoms. The molecule has 6 nitrogen and oxygen atoms in total. The third-order valence-corrected chi connectivity index (χ3v) is 5.24. The monoisotopic (exact) mass is 428 g/mol. The van der Waals surface area contributed by atoms with E-state index in [4.69, 9.17) is 0 Å². The number of rotatable bonds is 4. The molecule has 4 rings (SSSR count). The first kappa shape index (κ1) is 20.6. The van der Waals surface area contributed by atoms with Crippen LogP contribution in [-0.2, 0) is 11.0 Å². The van der Waals surface area contributed by atoms with Gasteiger partial charge in [0.05, 0.1) is 16.8 Å². The van der Waals surface area contributed by atoms with E-state index in [1.54, 1.807) is 29.2 Å². The lowest BCUT2D eigenvalue weighted by molar-refractivity contribution is -0.137. The van der Waals surface area contributed by atoms with E-state index in [2.05, 4.69) is 17.0 Å². The third kappa shape index (κ3) is 4.03. The smallest absolute Gasteiger partial charge is 0.348 e. The molecule has 2 heterocycles. The minimum atomic E-state index is -4.43. The number of nitrogens with one attached hydrogen (secondary N) is 1. The Bertz CT molecular complexity index is 1150. The number of amides is 2. The Morgan fingerprint density at radius 3 is 2.52 bits per heavy atom. The van der Waals surface area contributed by atoms with E-state index in [0.29, 0.717) is 36.1 Å². The van der Waals surface area contributed by atoms with Gasteiger partial charge in [0.15, 0.2) is 5.69 Å². The molecular weight excluding hydrogens is 409 g/mol. The van der Waals surface area contributed by atoms with Gasteiger partial charge in [0, 0.05) is 24.5 Å². The van der Waals surface area contributed by atoms with Gasteiger partial charge in [-0.3, -0.25) is 9.59 Å². The summed E-state index contributed by atoms with van der Waals surface area (Å²) in [5, 5.41) is 7.82. The lowest BCUT2D eigenvalue weighted by atomic mass is 10.2. The molecule has 0 saturated carbocycles. The van der Waals surface area contributed by atoms with Gasteiger partial charge >= 0.3 is 6.18 Å². The highest BCUT2D eigenvalue weighted by Crippen LogP contribution is 2.30.